The summed E-state index contributed by atoms with van der Waals surface area (Å²) < 4.78 is 16.2. The summed E-state index contributed by atoms with van der Waals surface area (Å²) in [4.78, 5) is 12.4. The fourth-order valence-corrected chi connectivity index (χ4v) is 2.80. The maximum Gasteiger partial charge on any atom is 0.276 e. The Morgan fingerprint density at radius 3 is 2.80 bits per heavy atom. The molecule has 0 aliphatic heterocycles. The Morgan fingerprint density at radius 2 is 2.08 bits per heavy atom. The van der Waals surface area contributed by atoms with E-state index < -0.39 is 11.7 Å². The van der Waals surface area contributed by atoms with E-state index >= 15 is 0 Å². The van der Waals surface area contributed by atoms with Crippen LogP contribution in [0.4, 0.5) is 10.2 Å². The van der Waals surface area contributed by atoms with Crippen molar-refractivity contribution in [3.05, 3.63) is 63.8 Å². The Morgan fingerprint density at radius 1 is 1.28 bits per heavy atom. The lowest BCUT2D eigenvalue weighted by Crippen LogP contribution is -2.18. The molecule has 0 fully saturated rings. The van der Waals surface area contributed by atoms with Crippen molar-refractivity contribution in [3.8, 4) is 0 Å². The fraction of sp³-hybridized carbons (Fsp3) is 0.188. The van der Waals surface area contributed by atoms with E-state index in [0.29, 0.717) is 23.9 Å². The molecule has 0 unspecified atom stereocenters. The van der Waals surface area contributed by atoms with Crippen molar-refractivity contribution in [1.82, 2.24) is 19.6 Å². The van der Waals surface area contributed by atoms with E-state index in [4.69, 9.17) is 23.2 Å². The second kappa shape index (κ2) is 7.25. The van der Waals surface area contributed by atoms with Gasteiger partial charge in [-0.1, -0.05) is 29.3 Å². The molecule has 3 aromatic rings. The van der Waals surface area contributed by atoms with Crippen molar-refractivity contribution < 1.29 is 9.18 Å². The molecule has 1 amide bonds. The minimum absolute atomic E-state index is 0.275. The fourth-order valence-electron chi connectivity index (χ4n) is 2.34. The van der Waals surface area contributed by atoms with Crippen molar-refractivity contribution in [1.29, 1.82) is 0 Å². The molecule has 0 radical (unpaired) electrons. The van der Waals surface area contributed by atoms with Crippen LogP contribution in [0, 0.1) is 5.82 Å². The van der Waals surface area contributed by atoms with Crippen LogP contribution in [-0.2, 0) is 13.1 Å². The van der Waals surface area contributed by atoms with Crippen molar-refractivity contribution in [2.45, 2.75) is 20.0 Å². The number of anilines is 1. The van der Waals surface area contributed by atoms with Crippen LogP contribution >= 0.6 is 23.2 Å². The van der Waals surface area contributed by atoms with Crippen molar-refractivity contribution in [3.63, 3.8) is 0 Å². The molecule has 25 heavy (non-hydrogen) atoms. The summed E-state index contributed by atoms with van der Waals surface area (Å²) in [5, 5.41) is 11.6. The maximum atomic E-state index is 13.1. The number of nitrogens with zero attached hydrogens (tertiary/aromatic N) is 4. The van der Waals surface area contributed by atoms with Gasteiger partial charge in [-0.3, -0.25) is 14.2 Å². The first-order valence-corrected chi connectivity index (χ1v) is 8.23. The quantitative estimate of drug-likeness (QED) is 0.729. The number of hydrogen-bond donors (Lipinski definition) is 1. The van der Waals surface area contributed by atoms with Gasteiger partial charge in [-0.2, -0.15) is 10.2 Å². The second-order valence-corrected chi connectivity index (χ2v) is 6.06. The summed E-state index contributed by atoms with van der Waals surface area (Å²) in [6, 6.07) is 5.82. The van der Waals surface area contributed by atoms with E-state index in [2.05, 4.69) is 15.5 Å². The minimum Gasteiger partial charge on any atom is -0.304 e. The highest BCUT2D eigenvalue weighted by Crippen LogP contribution is 2.19. The molecular weight excluding hydrogens is 368 g/mol. The molecule has 2 aromatic heterocycles. The summed E-state index contributed by atoms with van der Waals surface area (Å²) in [5.74, 6) is -0.427. The number of carbonyl (C=O) groups is 1. The van der Waals surface area contributed by atoms with Gasteiger partial charge in [0.15, 0.2) is 5.82 Å². The van der Waals surface area contributed by atoms with Crippen LogP contribution < -0.4 is 5.32 Å². The lowest BCUT2D eigenvalue weighted by atomic mass is 10.2. The smallest absolute Gasteiger partial charge is 0.276 e. The maximum absolute atomic E-state index is 13.1. The molecule has 0 spiro atoms. The summed E-state index contributed by atoms with van der Waals surface area (Å²) >= 11 is 12.0. The van der Waals surface area contributed by atoms with Gasteiger partial charge in [0.05, 0.1) is 17.8 Å². The van der Waals surface area contributed by atoms with Crippen molar-refractivity contribution in [2.75, 3.05) is 5.32 Å². The molecule has 0 bridgehead atoms. The molecule has 0 saturated carbocycles. The summed E-state index contributed by atoms with van der Waals surface area (Å²) in [6.45, 7) is 2.73. The first-order chi connectivity index (χ1) is 12.0. The molecule has 2 heterocycles. The summed E-state index contributed by atoms with van der Waals surface area (Å²) in [5.41, 5.74) is 0.997. The third-order valence-electron chi connectivity index (χ3n) is 3.54. The Balaban J connectivity index is 1.73. The predicted molar refractivity (Wildman–Crippen MR) is 93.6 cm³/mol. The Kier molecular flexibility index (Phi) is 5.06. The first kappa shape index (κ1) is 17.4. The third-order valence-corrected chi connectivity index (χ3v) is 4.17. The molecular formula is C16H14Cl2FN5O. The molecule has 0 aliphatic carbocycles. The number of nitrogens with one attached hydrogen (secondary N) is 1. The third kappa shape index (κ3) is 3.83. The Hall–Kier alpha value is -2.38. The van der Waals surface area contributed by atoms with Gasteiger partial charge in [0.25, 0.3) is 5.91 Å². The molecule has 1 aromatic carbocycles. The average Bonchev–Trinajstić information content (AvgIpc) is 3.16. The minimum atomic E-state index is -0.397. The lowest BCUT2D eigenvalue weighted by Gasteiger charge is -2.06. The monoisotopic (exact) mass is 381 g/mol. The van der Waals surface area contributed by atoms with Crippen LogP contribution in [0.5, 0.6) is 0 Å². The molecule has 9 heteroatoms. The van der Waals surface area contributed by atoms with Crippen LogP contribution in [-0.4, -0.2) is 25.5 Å². The highest BCUT2D eigenvalue weighted by Gasteiger charge is 2.17. The highest BCUT2D eigenvalue weighted by molar-refractivity contribution is 6.34. The van der Waals surface area contributed by atoms with Gasteiger partial charge in [-0.25, -0.2) is 4.39 Å². The number of benzene rings is 1. The van der Waals surface area contributed by atoms with Gasteiger partial charge in [0, 0.05) is 23.8 Å². The van der Waals surface area contributed by atoms with Gasteiger partial charge in [-0.05, 0) is 24.6 Å². The summed E-state index contributed by atoms with van der Waals surface area (Å²) in [7, 11) is 0. The number of amides is 1. The standard InChI is InChI=1S/C16H14Cl2FN5O/c1-2-24-15(13(18)8-20-24)16(25)21-14-5-6-23(22-14)9-10-3-4-11(19)7-12(10)17/h3-8H,2,9H2,1H3,(H,21,22,25). The van der Waals surface area contributed by atoms with E-state index in [1.165, 1.54) is 23.0 Å². The van der Waals surface area contributed by atoms with Gasteiger partial charge >= 0.3 is 0 Å². The van der Waals surface area contributed by atoms with Gasteiger partial charge in [0.1, 0.15) is 11.5 Å². The largest absolute Gasteiger partial charge is 0.304 e. The number of aryl methyl sites for hydroxylation is 1. The number of aromatic nitrogens is 4. The van der Waals surface area contributed by atoms with E-state index in [9.17, 15) is 9.18 Å². The molecule has 0 atom stereocenters. The number of rotatable bonds is 5. The number of hydrogen-bond acceptors (Lipinski definition) is 3. The van der Waals surface area contributed by atoms with E-state index in [1.807, 2.05) is 6.92 Å². The first-order valence-electron chi connectivity index (χ1n) is 7.48. The molecule has 6 nitrogen and oxygen atoms in total. The predicted octanol–water partition coefficient (Wildman–Crippen LogP) is 3.85. The summed E-state index contributed by atoms with van der Waals surface area (Å²) in [6.07, 6.45) is 3.11. The zero-order valence-electron chi connectivity index (χ0n) is 13.2. The molecule has 1 N–H and O–H groups in total. The van der Waals surface area contributed by atoms with Crippen LogP contribution in [0.2, 0.25) is 10.0 Å². The zero-order valence-corrected chi connectivity index (χ0v) is 14.7. The Bertz CT molecular complexity index is 921. The molecule has 0 saturated heterocycles. The SMILES string of the molecule is CCn1ncc(Cl)c1C(=O)Nc1ccn(Cc2ccc(F)cc2Cl)n1. The number of carbonyl (C=O) groups excluding carboxylic acids is 1. The van der Waals surface area contributed by atoms with E-state index in [0.717, 1.165) is 5.56 Å². The van der Waals surface area contributed by atoms with Crippen LogP contribution in [0.25, 0.3) is 0 Å². The highest BCUT2D eigenvalue weighted by atomic mass is 35.5. The van der Waals surface area contributed by atoms with E-state index in [-0.39, 0.29) is 10.7 Å². The molecule has 0 aliphatic rings. The van der Waals surface area contributed by atoms with Crippen LogP contribution in [0.1, 0.15) is 23.0 Å². The average molecular weight is 382 g/mol. The Labute approximate surface area is 153 Å². The second-order valence-electron chi connectivity index (χ2n) is 5.25. The van der Waals surface area contributed by atoms with Crippen LogP contribution in [0.15, 0.2) is 36.7 Å². The van der Waals surface area contributed by atoms with E-state index in [1.54, 1.807) is 23.0 Å². The lowest BCUT2D eigenvalue weighted by molar-refractivity contribution is 0.101. The van der Waals surface area contributed by atoms with Gasteiger partial charge in [0.2, 0.25) is 0 Å². The van der Waals surface area contributed by atoms with Crippen molar-refractivity contribution in [2.24, 2.45) is 0 Å². The van der Waals surface area contributed by atoms with Gasteiger partial charge in [-0.15, -0.1) is 0 Å². The van der Waals surface area contributed by atoms with Crippen LogP contribution in [0.3, 0.4) is 0 Å². The molecule has 130 valence electrons. The topological polar surface area (TPSA) is 64.7 Å². The molecule has 3 rings (SSSR count). The van der Waals surface area contributed by atoms with Gasteiger partial charge < -0.3 is 5.32 Å². The number of halogens is 3. The normalized spacial score (nSPS) is 10.9. The van der Waals surface area contributed by atoms with Crippen molar-refractivity contribution >= 4 is 34.9 Å². The zero-order chi connectivity index (χ0) is 18.0.